The van der Waals surface area contributed by atoms with Gasteiger partial charge in [0.15, 0.2) is 0 Å². The molecule has 0 N–H and O–H groups in total. The summed E-state index contributed by atoms with van der Waals surface area (Å²) < 4.78 is 43.6. The zero-order chi connectivity index (χ0) is 33.0. The molecule has 2 aliphatic rings. The van der Waals surface area contributed by atoms with E-state index in [1.165, 1.54) is 30.7 Å². The topological polar surface area (TPSA) is 6.48 Å². The maximum Gasteiger partial charge on any atom is 0.123 e. The van der Waals surface area contributed by atoms with Crippen molar-refractivity contribution >= 4 is 22.7 Å². The summed E-state index contributed by atoms with van der Waals surface area (Å²) in [4.78, 5) is 4.06. The van der Waals surface area contributed by atoms with E-state index in [1.54, 1.807) is 24.3 Å². The summed E-state index contributed by atoms with van der Waals surface area (Å²) in [5.74, 6) is -1.31. The lowest BCUT2D eigenvalue weighted by atomic mass is 9.71. The van der Waals surface area contributed by atoms with Crippen molar-refractivity contribution in [2.75, 3.05) is 23.9 Å². The molecule has 0 aliphatic heterocycles. The lowest BCUT2D eigenvalue weighted by Crippen LogP contribution is -2.20. The van der Waals surface area contributed by atoms with Crippen LogP contribution in [-0.4, -0.2) is 14.1 Å². The number of nitrogens with zero attached hydrogens (tertiary/aromatic N) is 2. The zero-order valence-electron chi connectivity index (χ0n) is 28.8. The number of rotatable bonds is 6. The first-order chi connectivity index (χ1) is 21.9. The van der Waals surface area contributed by atoms with Gasteiger partial charge in [0, 0.05) is 39.6 Å². The number of anilines is 4. The smallest absolute Gasteiger partial charge is 0.123 e. The van der Waals surface area contributed by atoms with E-state index in [1.807, 2.05) is 23.9 Å². The summed E-state index contributed by atoms with van der Waals surface area (Å²) >= 11 is 0. The van der Waals surface area contributed by atoms with E-state index in [9.17, 15) is 8.78 Å². The van der Waals surface area contributed by atoms with Crippen LogP contribution >= 0.6 is 0 Å². The molecular formula is C40H48F2N2. The van der Waals surface area contributed by atoms with Gasteiger partial charge in [-0.15, -0.1) is 0 Å². The Hall–Kier alpha value is -3.66. The Morgan fingerprint density at radius 1 is 0.523 bits per heavy atom. The van der Waals surface area contributed by atoms with Crippen molar-refractivity contribution in [1.29, 1.82) is 0 Å². The normalized spacial score (nSPS) is 19.0. The monoisotopic (exact) mass is 596 g/mol. The third kappa shape index (κ3) is 8.28. The molecule has 44 heavy (non-hydrogen) atoms. The average Bonchev–Trinajstić information content (AvgIpc) is 3.07. The molecule has 0 aromatic heterocycles. The molecule has 0 saturated heterocycles. The van der Waals surface area contributed by atoms with Crippen LogP contribution in [0.25, 0.3) is 0 Å². The van der Waals surface area contributed by atoms with Gasteiger partial charge < -0.3 is 9.80 Å². The Bertz CT molecular complexity index is 1540. The second-order valence-electron chi connectivity index (χ2n) is 13.1. The van der Waals surface area contributed by atoms with E-state index in [-0.39, 0.29) is 11.6 Å². The van der Waals surface area contributed by atoms with E-state index in [4.69, 9.17) is 2.74 Å². The molecule has 0 bridgehead atoms. The van der Waals surface area contributed by atoms with Gasteiger partial charge in [0.25, 0.3) is 0 Å². The molecule has 0 heterocycles. The molecule has 4 aromatic rings. The summed E-state index contributed by atoms with van der Waals surface area (Å²) in [5.41, 5.74) is 6.59. The minimum absolute atomic E-state index is 0.221. The molecule has 0 amide bonds. The number of benzene rings is 4. The second-order valence-corrected chi connectivity index (χ2v) is 13.1. The van der Waals surface area contributed by atoms with Gasteiger partial charge in [0.2, 0.25) is 0 Å². The second kappa shape index (κ2) is 14.4. The van der Waals surface area contributed by atoms with Crippen LogP contribution in [0.2, 0.25) is 0 Å². The first-order valence-corrected chi connectivity index (χ1v) is 16.1. The standard InChI is InChI=1S/C21H26FN.C19H22FN/c1-21(2)14-12-17(13-15-21)16-4-8-19(9-5-16)23(3)20-10-6-18(22)7-11-20;1-21(19-13-9-17(20)10-14-19)18-11-7-16(8-12-18)15-5-3-2-4-6-15/h4-11,17H,12-15H2,1-3H3;7-15H,2-6H2,1H3/i17D;15D. The molecule has 4 heteroatoms. The Kier molecular flexibility index (Phi) is 9.52. The van der Waals surface area contributed by atoms with Crippen LogP contribution in [0.5, 0.6) is 0 Å². The first-order valence-electron chi connectivity index (χ1n) is 17.1. The fourth-order valence-corrected chi connectivity index (χ4v) is 6.25. The van der Waals surface area contributed by atoms with Crippen molar-refractivity contribution in [2.45, 2.75) is 83.4 Å². The van der Waals surface area contributed by atoms with Gasteiger partial charge >= 0.3 is 0 Å². The van der Waals surface area contributed by atoms with E-state index < -0.39 is 11.8 Å². The van der Waals surface area contributed by atoms with Crippen molar-refractivity contribution in [3.63, 3.8) is 0 Å². The van der Waals surface area contributed by atoms with Gasteiger partial charge in [-0.25, -0.2) is 8.78 Å². The Balaban J connectivity index is 0.000000182. The fraction of sp³-hybridized carbons (Fsp3) is 0.400. The van der Waals surface area contributed by atoms with Crippen LogP contribution in [0, 0.1) is 17.0 Å². The highest BCUT2D eigenvalue weighted by molar-refractivity contribution is 5.63. The SMILES string of the molecule is [2H]C1(c2ccc(N(C)c3ccc(F)cc3)cc2)CCC(C)(C)CC1.[2H]C1(c2ccc(N(C)c3ccc(F)cc3)cc2)CCCCC1. The van der Waals surface area contributed by atoms with Crippen molar-refractivity contribution in [3.8, 4) is 0 Å². The van der Waals surface area contributed by atoms with Crippen LogP contribution in [-0.2, 0) is 0 Å². The maximum absolute atomic E-state index is 13.1. The quantitative estimate of drug-likeness (QED) is 0.218. The van der Waals surface area contributed by atoms with E-state index in [0.717, 1.165) is 85.2 Å². The molecule has 2 saturated carbocycles. The Morgan fingerprint density at radius 3 is 1.20 bits per heavy atom. The van der Waals surface area contributed by atoms with Gasteiger partial charge in [0.05, 0.1) is 0 Å². The minimum Gasteiger partial charge on any atom is -0.345 e. The predicted molar refractivity (Wildman–Crippen MR) is 183 cm³/mol. The van der Waals surface area contributed by atoms with E-state index in [2.05, 4.69) is 62.4 Å². The third-order valence-electron chi connectivity index (χ3n) is 9.42. The molecule has 0 radical (unpaired) electrons. The highest BCUT2D eigenvalue weighted by Gasteiger charge is 2.27. The van der Waals surface area contributed by atoms with Crippen LogP contribution in [0.3, 0.4) is 0 Å². The number of hydrogen-bond donors (Lipinski definition) is 0. The lowest BCUT2D eigenvalue weighted by Gasteiger charge is -2.34. The zero-order valence-corrected chi connectivity index (χ0v) is 26.8. The van der Waals surface area contributed by atoms with Crippen molar-refractivity contribution < 1.29 is 11.5 Å². The van der Waals surface area contributed by atoms with Gasteiger partial charge in [-0.3, -0.25) is 0 Å². The van der Waals surface area contributed by atoms with E-state index >= 15 is 0 Å². The van der Waals surface area contributed by atoms with Crippen LogP contribution in [0.4, 0.5) is 31.5 Å². The summed E-state index contributed by atoms with van der Waals surface area (Å²) in [6, 6.07) is 29.6. The molecule has 6 rings (SSSR count). The van der Waals surface area contributed by atoms with Crippen molar-refractivity contribution in [2.24, 2.45) is 5.41 Å². The van der Waals surface area contributed by atoms with Gasteiger partial charge in [-0.05, 0) is 140 Å². The highest BCUT2D eigenvalue weighted by atomic mass is 19.1. The van der Waals surface area contributed by atoms with Crippen molar-refractivity contribution in [1.82, 2.24) is 0 Å². The Labute approximate surface area is 266 Å². The van der Waals surface area contributed by atoms with Gasteiger partial charge in [-0.1, -0.05) is 57.4 Å². The maximum atomic E-state index is 13.1. The number of halogens is 2. The molecule has 0 atom stereocenters. The third-order valence-corrected chi connectivity index (χ3v) is 9.42. The van der Waals surface area contributed by atoms with Crippen LogP contribution < -0.4 is 9.80 Å². The van der Waals surface area contributed by atoms with Gasteiger partial charge in [-0.2, -0.15) is 0 Å². The highest BCUT2D eigenvalue weighted by Crippen LogP contribution is 2.42. The first kappa shape index (κ1) is 29.1. The molecule has 232 valence electrons. The Morgan fingerprint density at radius 2 is 0.841 bits per heavy atom. The molecule has 2 aliphatic carbocycles. The van der Waals surface area contributed by atoms with Crippen LogP contribution in [0.15, 0.2) is 97.1 Å². The molecule has 2 fully saturated rings. The van der Waals surface area contributed by atoms with Crippen LogP contribution in [0.1, 0.15) is 97.3 Å². The van der Waals surface area contributed by atoms with Crippen molar-refractivity contribution in [3.05, 3.63) is 120 Å². The fourth-order valence-electron chi connectivity index (χ4n) is 6.25. The molecule has 2 nitrogen and oxygen atoms in total. The van der Waals surface area contributed by atoms with E-state index in [0.29, 0.717) is 5.41 Å². The van der Waals surface area contributed by atoms with Gasteiger partial charge in [0.1, 0.15) is 11.6 Å². The summed E-state index contributed by atoms with van der Waals surface area (Å²) in [5, 5.41) is 0. The summed E-state index contributed by atoms with van der Waals surface area (Å²) in [6.45, 7) is 4.60. The molecular weight excluding hydrogens is 546 g/mol. The predicted octanol–water partition coefficient (Wildman–Crippen LogP) is 11.9. The minimum atomic E-state index is -0.456. The average molecular weight is 597 g/mol. The molecule has 0 unspecified atom stereocenters. The summed E-state index contributed by atoms with van der Waals surface area (Å²) in [6.07, 6.45) is 9.54. The molecule has 0 spiro atoms. The largest absolute Gasteiger partial charge is 0.345 e. The lowest BCUT2D eigenvalue weighted by molar-refractivity contribution is 0.224. The summed E-state index contributed by atoms with van der Waals surface area (Å²) in [7, 11) is 3.95. The number of hydrogen-bond acceptors (Lipinski definition) is 2. The molecule has 4 aromatic carbocycles.